The molecule has 10 heteroatoms. The highest BCUT2D eigenvalue weighted by atomic mass is 32.2. The van der Waals surface area contributed by atoms with Crippen LogP contribution in [0.25, 0.3) is 0 Å². The first-order valence-corrected chi connectivity index (χ1v) is 10.4. The van der Waals surface area contributed by atoms with Crippen molar-refractivity contribution in [2.24, 2.45) is 5.16 Å². The molecule has 0 atom stereocenters. The Hall–Kier alpha value is -2.62. The number of hydrogen-bond acceptors (Lipinski definition) is 5. The van der Waals surface area contributed by atoms with Crippen LogP contribution in [0.2, 0.25) is 0 Å². The number of halogens is 3. The van der Waals surface area contributed by atoms with E-state index in [0.717, 1.165) is 11.1 Å². The van der Waals surface area contributed by atoms with Gasteiger partial charge in [-0.2, -0.15) is 21.6 Å². The zero-order chi connectivity index (χ0) is 22.1. The van der Waals surface area contributed by atoms with Gasteiger partial charge >= 0.3 is 15.5 Å². The minimum atomic E-state index is -5.55. The summed E-state index contributed by atoms with van der Waals surface area (Å²) < 4.78 is 62.6. The van der Waals surface area contributed by atoms with Crippen LogP contribution >= 0.6 is 0 Å². The Bertz CT molecular complexity index is 915. The molecule has 0 spiro atoms. The van der Waals surface area contributed by atoms with Crippen molar-refractivity contribution < 1.29 is 26.4 Å². The summed E-state index contributed by atoms with van der Waals surface area (Å²) in [4.78, 5) is 9.21. The third kappa shape index (κ3) is 7.04. The molecule has 1 aromatic heterocycles. The smallest absolute Gasteiger partial charge is 0.391 e. The van der Waals surface area contributed by atoms with Crippen molar-refractivity contribution in [1.29, 1.82) is 0 Å². The molecule has 0 unspecified atom stereocenters. The molecule has 0 aliphatic carbocycles. The molecule has 0 fully saturated rings. The topological polar surface area (TPSA) is 80.7 Å². The SMILES string of the molecule is CC.CC/C(=N\OCc1cccnc1)c1cc(C)ccc1NS(=O)(=O)C(F)(F)F. The number of alkyl halides is 3. The Kier molecular flexibility index (Phi) is 9.09. The summed E-state index contributed by atoms with van der Waals surface area (Å²) in [5.74, 6) is 0. The normalized spacial score (nSPS) is 12.0. The van der Waals surface area contributed by atoms with Gasteiger partial charge in [-0.15, -0.1) is 0 Å². The number of oxime groups is 1. The van der Waals surface area contributed by atoms with Crippen molar-refractivity contribution >= 4 is 21.4 Å². The van der Waals surface area contributed by atoms with Crippen LogP contribution in [0.3, 0.4) is 0 Å². The highest BCUT2D eigenvalue weighted by Gasteiger charge is 2.46. The van der Waals surface area contributed by atoms with E-state index in [4.69, 9.17) is 4.84 Å². The first-order chi connectivity index (χ1) is 13.6. The number of anilines is 1. The van der Waals surface area contributed by atoms with Gasteiger partial charge in [0.15, 0.2) is 0 Å². The van der Waals surface area contributed by atoms with Gasteiger partial charge in [0.2, 0.25) is 0 Å². The van der Waals surface area contributed by atoms with E-state index in [2.05, 4.69) is 10.1 Å². The number of hydrogen-bond donors (Lipinski definition) is 1. The predicted octanol–water partition coefficient (Wildman–Crippen LogP) is 5.01. The lowest BCUT2D eigenvalue weighted by atomic mass is 10.0. The molecule has 2 rings (SSSR count). The zero-order valence-electron chi connectivity index (χ0n) is 16.6. The molecule has 1 aromatic carbocycles. The van der Waals surface area contributed by atoms with E-state index in [9.17, 15) is 21.6 Å². The van der Waals surface area contributed by atoms with Crippen LogP contribution in [0.1, 0.15) is 43.9 Å². The van der Waals surface area contributed by atoms with Crippen LogP contribution in [0.15, 0.2) is 47.9 Å². The highest BCUT2D eigenvalue weighted by molar-refractivity contribution is 7.93. The first kappa shape index (κ1) is 24.4. The molecule has 0 saturated heterocycles. The van der Waals surface area contributed by atoms with E-state index in [1.807, 2.05) is 13.8 Å². The first-order valence-electron chi connectivity index (χ1n) is 8.92. The molecule has 0 bridgehead atoms. The van der Waals surface area contributed by atoms with E-state index in [0.29, 0.717) is 12.1 Å². The number of pyridine rings is 1. The van der Waals surface area contributed by atoms with Crippen molar-refractivity contribution in [2.45, 2.75) is 46.2 Å². The molecular formula is C19H24F3N3O3S. The van der Waals surface area contributed by atoms with Crippen LogP contribution in [-0.4, -0.2) is 24.6 Å². The fraction of sp³-hybridized carbons (Fsp3) is 0.368. The summed E-state index contributed by atoms with van der Waals surface area (Å²) in [6.07, 6.45) is 3.52. The maximum absolute atomic E-state index is 12.7. The molecular weight excluding hydrogens is 407 g/mol. The molecule has 160 valence electrons. The molecule has 0 saturated carbocycles. The van der Waals surface area contributed by atoms with Crippen molar-refractivity contribution in [1.82, 2.24) is 4.98 Å². The summed E-state index contributed by atoms with van der Waals surface area (Å²) in [6, 6.07) is 7.82. The third-order valence-electron chi connectivity index (χ3n) is 3.50. The Morgan fingerprint density at radius 1 is 1.24 bits per heavy atom. The average molecular weight is 431 g/mol. The van der Waals surface area contributed by atoms with Gasteiger partial charge in [0.25, 0.3) is 0 Å². The molecule has 6 nitrogen and oxygen atoms in total. The lowest BCUT2D eigenvalue weighted by molar-refractivity contribution is -0.0429. The Morgan fingerprint density at radius 2 is 1.93 bits per heavy atom. The molecule has 1 N–H and O–H groups in total. The molecule has 0 aliphatic rings. The van der Waals surface area contributed by atoms with Crippen LogP contribution in [0, 0.1) is 6.92 Å². The van der Waals surface area contributed by atoms with Gasteiger partial charge in [-0.1, -0.05) is 43.6 Å². The summed E-state index contributed by atoms with van der Waals surface area (Å²) in [7, 11) is -5.55. The number of nitrogens with zero attached hydrogens (tertiary/aromatic N) is 2. The molecule has 0 amide bonds. The number of aryl methyl sites for hydroxylation is 1. The summed E-state index contributed by atoms with van der Waals surface area (Å²) >= 11 is 0. The van der Waals surface area contributed by atoms with Gasteiger partial charge in [-0.3, -0.25) is 9.71 Å². The van der Waals surface area contributed by atoms with Gasteiger partial charge in [-0.05, 0) is 31.5 Å². The molecule has 29 heavy (non-hydrogen) atoms. The van der Waals surface area contributed by atoms with Crippen LogP contribution in [0.4, 0.5) is 18.9 Å². The van der Waals surface area contributed by atoms with Gasteiger partial charge in [0.05, 0.1) is 11.4 Å². The van der Waals surface area contributed by atoms with Crippen molar-refractivity contribution in [3.8, 4) is 0 Å². The lowest BCUT2D eigenvalue weighted by Gasteiger charge is -2.15. The second kappa shape index (κ2) is 10.8. The van der Waals surface area contributed by atoms with Gasteiger partial charge in [0, 0.05) is 23.5 Å². The van der Waals surface area contributed by atoms with Crippen LogP contribution in [-0.2, 0) is 21.5 Å². The second-order valence-corrected chi connectivity index (χ2v) is 7.30. The van der Waals surface area contributed by atoms with Crippen LogP contribution < -0.4 is 4.72 Å². The Balaban J connectivity index is 0.00000204. The van der Waals surface area contributed by atoms with E-state index in [1.54, 1.807) is 49.2 Å². The summed E-state index contributed by atoms with van der Waals surface area (Å²) in [5.41, 5.74) is -3.62. The average Bonchev–Trinajstić information content (AvgIpc) is 2.68. The number of aromatic nitrogens is 1. The largest absolute Gasteiger partial charge is 0.516 e. The van der Waals surface area contributed by atoms with Gasteiger partial charge in [-0.25, -0.2) is 0 Å². The number of rotatable bonds is 7. The minimum Gasteiger partial charge on any atom is -0.391 e. The number of sulfonamides is 1. The number of nitrogens with one attached hydrogen (secondary N) is 1. The second-order valence-electron chi connectivity index (χ2n) is 5.63. The van der Waals surface area contributed by atoms with Crippen molar-refractivity contribution in [2.75, 3.05) is 4.72 Å². The maximum Gasteiger partial charge on any atom is 0.516 e. The monoisotopic (exact) mass is 431 g/mol. The molecule has 0 aliphatic heterocycles. The molecule has 2 aromatic rings. The van der Waals surface area contributed by atoms with E-state index in [-0.39, 0.29) is 17.9 Å². The van der Waals surface area contributed by atoms with Crippen LogP contribution in [0.5, 0.6) is 0 Å². The fourth-order valence-electron chi connectivity index (χ4n) is 2.16. The zero-order valence-corrected chi connectivity index (χ0v) is 17.4. The third-order valence-corrected chi connectivity index (χ3v) is 4.60. The maximum atomic E-state index is 12.7. The molecule has 1 heterocycles. The predicted molar refractivity (Wildman–Crippen MR) is 107 cm³/mol. The van der Waals surface area contributed by atoms with Gasteiger partial charge < -0.3 is 4.84 Å². The van der Waals surface area contributed by atoms with E-state index < -0.39 is 15.5 Å². The Morgan fingerprint density at radius 3 is 2.48 bits per heavy atom. The summed E-state index contributed by atoms with van der Waals surface area (Å²) in [5, 5.41) is 3.97. The molecule has 0 radical (unpaired) electrons. The minimum absolute atomic E-state index is 0.118. The Labute approximate surface area is 168 Å². The highest BCUT2D eigenvalue weighted by Crippen LogP contribution is 2.28. The van der Waals surface area contributed by atoms with Crippen molar-refractivity contribution in [3.63, 3.8) is 0 Å². The quantitative estimate of drug-likeness (QED) is 0.494. The lowest BCUT2D eigenvalue weighted by Crippen LogP contribution is -2.30. The van der Waals surface area contributed by atoms with Gasteiger partial charge in [0.1, 0.15) is 6.61 Å². The number of benzene rings is 1. The fourth-order valence-corrected chi connectivity index (χ4v) is 2.74. The summed E-state index contributed by atoms with van der Waals surface area (Å²) in [6.45, 7) is 7.58. The standard InChI is InChI=1S/C17H18F3N3O3S.C2H6/c1-3-15(22-26-11-13-5-4-8-21-10-13)14-9-12(2)6-7-16(14)23-27(24,25)17(18,19)20;1-2/h4-10,23H,3,11H2,1-2H3;1-2H3/b22-15+;. The van der Waals surface area contributed by atoms with E-state index in [1.165, 1.54) is 12.1 Å². The van der Waals surface area contributed by atoms with E-state index >= 15 is 0 Å². The van der Waals surface area contributed by atoms with Crippen molar-refractivity contribution in [3.05, 3.63) is 59.4 Å².